The summed E-state index contributed by atoms with van der Waals surface area (Å²) >= 11 is 6.13. The molecule has 8 heteroatoms. The first kappa shape index (κ1) is 17.0. The second kappa shape index (κ2) is 7.05. The zero-order valence-corrected chi connectivity index (χ0v) is 14.8. The highest BCUT2D eigenvalue weighted by molar-refractivity contribution is 6.31. The van der Waals surface area contributed by atoms with Gasteiger partial charge in [-0.2, -0.15) is 4.98 Å². The second-order valence-corrected chi connectivity index (χ2v) is 6.21. The van der Waals surface area contributed by atoms with Crippen molar-refractivity contribution in [3.63, 3.8) is 0 Å². The van der Waals surface area contributed by atoms with Crippen molar-refractivity contribution >= 4 is 28.6 Å². The topological polar surface area (TPSA) is 92.7 Å². The van der Waals surface area contributed by atoms with E-state index in [9.17, 15) is 9.59 Å². The molecule has 0 amide bonds. The van der Waals surface area contributed by atoms with Gasteiger partial charge in [0, 0.05) is 17.8 Å². The van der Waals surface area contributed by atoms with E-state index in [2.05, 4.69) is 20.3 Å². The molecule has 4 rings (SSSR count). The predicted molar refractivity (Wildman–Crippen MR) is 105 cm³/mol. The molecule has 0 fully saturated rings. The van der Waals surface area contributed by atoms with Crippen molar-refractivity contribution in [1.82, 2.24) is 19.5 Å². The minimum Gasteiger partial charge on any atom is -0.350 e. The summed E-state index contributed by atoms with van der Waals surface area (Å²) in [6, 6.07) is 16.1. The van der Waals surface area contributed by atoms with E-state index in [-0.39, 0.29) is 17.0 Å². The number of nitrogens with one attached hydrogen (secondary N) is 2. The molecule has 0 bridgehead atoms. The third-order valence-corrected chi connectivity index (χ3v) is 4.43. The number of fused-ring (bicyclic) bond motifs is 1. The van der Waals surface area contributed by atoms with Crippen LogP contribution in [0.5, 0.6) is 0 Å². The zero-order valence-electron chi connectivity index (χ0n) is 14.0. The van der Waals surface area contributed by atoms with E-state index in [1.807, 2.05) is 24.3 Å². The monoisotopic (exact) mass is 379 g/mol. The number of benzene rings is 2. The second-order valence-electron chi connectivity index (χ2n) is 5.81. The molecule has 0 atom stereocenters. The lowest BCUT2D eigenvalue weighted by molar-refractivity contribution is 0.891. The van der Waals surface area contributed by atoms with Crippen LogP contribution in [0.2, 0.25) is 5.02 Å². The van der Waals surface area contributed by atoms with Gasteiger partial charge in [-0.3, -0.25) is 9.78 Å². The van der Waals surface area contributed by atoms with E-state index in [0.29, 0.717) is 17.3 Å². The molecule has 0 spiro atoms. The fraction of sp³-hybridized carbons (Fsp3) is 0.0526. The SMILES string of the molecule is O=c1[nH]c2nc(NCc3ccccc3Cl)ncc2c(=O)n1-c1ccccc1. The van der Waals surface area contributed by atoms with Crippen molar-refractivity contribution in [2.75, 3.05) is 5.32 Å². The van der Waals surface area contributed by atoms with E-state index in [4.69, 9.17) is 11.6 Å². The molecule has 0 saturated heterocycles. The average molecular weight is 380 g/mol. The highest BCUT2D eigenvalue weighted by atomic mass is 35.5. The Morgan fingerprint density at radius 1 is 1.04 bits per heavy atom. The minimum atomic E-state index is -0.561. The molecular weight excluding hydrogens is 366 g/mol. The molecular formula is C19H14ClN5O2. The number of aromatic nitrogens is 4. The standard InChI is InChI=1S/C19H14ClN5O2/c20-15-9-5-4-6-12(15)10-21-18-22-11-14-16(23-18)24-19(27)25(17(14)26)13-7-2-1-3-8-13/h1-9,11H,10H2,(H2,21,22,23,24,27). The Labute approximate surface area is 158 Å². The van der Waals surface area contributed by atoms with E-state index in [1.54, 1.807) is 30.3 Å². The van der Waals surface area contributed by atoms with E-state index in [0.717, 1.165) is 10.1 Å². The molecule has 0 aliphatic heterocycles. The van der Waals surface area contributed by atoms with E-state index in [1.165, 1.54) is 6.20 Å². The lowest BCUT2D eigenvalue weighted by Crippen LogP contribution is -2.34. The number of nitrogens with zero attached hydrogens (tertiary/aromatic N) is 3. The summed E-state index contributed by atoms with van der Waals surface area (Å²) < 4.78 is 1.06. The van der Waals surface area contributed by atoms with Gasteiger partial charge in [-0.1, -0.05) is 48.0 Å². The van der Waals surface area contributed by atoms with Crippen molar-refractivity contribution in [1.29, 1.82) is 0 Å². The summed E-state index contributed by atoms with van der Waals surface area (Å²) in [5.41, 5.74) is 0.503. The largest absolute Gasteiger partial charge is 0.350 e. The van der Waals surface area contributed by atoms with Crippen LogP contribution in [0.25, 0.3) is 16.7 Å². The molecule has 2 heterocycles. The van der Waals surface area contributed by atoms with E-state index < -0.39 is 11.2 Å². The quantitative estimate of drug-likeness (QED) is 0.568. The minimum absolute atomic E-state index is 0.175. The number of aromatic amines is 1. The Hall–Kier alpha value is -3.45. The van der Waals surface area contributed by atoms with Crippen LogP contribution in [0.3, 0.4) is 0 Å². The summed E-state index contributed by atoms with van der Waals surface area (Å²) in [4.78, 5) is 36.2. The Kier molecular flexibility index (Phi) is 4.43. The van der Waals surface area contributed by atoms with Crippen LogP contribution in [-0.4, -0.2) is 19.5 Å². The molecule has 0 aliphatic rings. The van der Waals surface area contributed by atoms with Crippen molar-refractivity contribution in [3.8, 4) is 5.69 Å². The highest BCUT2D eigenvalue weighted by Crippen LogP contribution is 2.16. The van der Waals surface area contributed by atoms with Crippen LogP contribution in [0.1, 0.15) is 5.56 Å². The average Bonchev–Trinajstić information content (AvgIpc) is 2.68. The fourth-order valence-electron chi connectivity index (χ4n) is 2.72. The number of H-pyrrole nitrogens is 1. The Bertz CT molecular complexity index is 1230. The van der Waals surface area contributed by atoms with Gasteiger partial charge in [-0.15, -0.1) is 0 Å². The summed E-state index contributed by atoms with van der Waals surface area (Å²) in [7, 11) is 0. The van der Waals surface area contributed by atoms with Gasteiger partial charge < -0.3 is 5.32 Å². The number of rotatable bonds is 4. The summed E-state index contributed by atoms with van der Waals surface area (Å²) in [6.07, 6.45) is 1.40. The van der Waals surface area contributed by atoms with Crippen molar-refractivity contribution in [3.05, 3.63) is 92.2 Å². The summed E-state index contributed by atoms with van der Waals surface area (Å²) in [5.74, 6) is 0.287. The van der Waals surface area contributed by atoms with Gasteiger partial charge >= 0.3 is 5.69 Å². The number of hydrogen-bond donors (Lipinski definition) is 2. The summed E-state index contributed by atoms with van der Waals surface area (Å²) in [6.45, 7) is 0.413. The van der Waals surface area contributed by atoms with E-state index >= 15 is 0 Å². The number of para-hydroxylation sites is 1. The van der Waals surface area contributed by atoms with Crippen LogP contribution in [-0.2, 0) is 6.54 Å². The zero-order chi connectivity index (χ0) is 18.8. The van der Waals surface area contributed by atoms with Crippen LogP contribution in [0.15, 0.2) is 70.4 Å². The maximum Gasteiger partial charge on any atom is 0.334 e. The Balaban J connectivity index is 1.71. The molecule has 4 aromatic rings. The number of halogens is 1. The van der Waals surface area contributed by atoms with Crippen LogP contribution >= 0.6 is 11.6 Å². The lowest BCUT2D eigenvalue weighted by atomic mass is 10.2. The van der Waals surface area contributed by atoms with Gasteiger partial charge in [0.25, 0.3) is 5.56 Å². The first-order chi connectivity index (χ1) is 13.1. The Morgan fingerprint density at radius 3 is 2.56 bits per heavy atom. The molecule has 0 radical (unpaired) electrons. The smallest absolute Gasteiger partial charge is 0.334 e. The molecule has 0 aliphatic carbocycles. The van der Waals surface area contributed by atoms with Crippen LogP contribution in [0, 0.1) is 0 Å². The van der Waals surface area contributed by atoms with Crippen molar-refractivity contribution in [2.45, 2.75) is 6.54 Å². The maximum absolute atomic E-state index is 12.7. The molecule has 7 nitrogen and oxygen atoms in total. The number of anilines is 1. The highest BCUT2D eigenvalue weighted by Gasteiger charge is 2.11. The summed E-state index contributed by atoms with van der Waals surface area (Å²) in [5, 5.41) is 3.90. The molecule has 2 aromatic carbocycles. The van der Waals surface area contributed by atoms with Gasteiger partial charge in [0.15, 0.2) is 5.65 Å². The molecule has 0 saturated carbocycles. The van der Waals surface area contributed by atoms with Gasteiger partial charge in [0.2, 0.25) is 5.95 Å². The molecule has 27 heavy (non-hydrogen) atoms. The molecule has 2 N–H and O–H groups in total. The fourth-order valence-corrected chi connectivity index (χ4v) is 2.92. The maximum atomic E-state index is 12.7. The lowest BCUT2D eigenvalue weighted by Gasteiger charge is -2.08. The van der Waals surface area contributed by atoms with Crippen LogP contribution in [0.4, 0.5) is 5.95 Å². The first-order valence-corrected chi connectivity index (χ1v) is 8.56. The molecule has 0 unspecified atom stereocenters. The third-order valence-electron chi connectivity index (χ3n) is 4.06. The van der Waals surface area contributed by atoms with Gasteiger partial charge in [0.1, 0.15) is 5.39 Å². The molecule has 134 valence electrons. The van der Waals surface area contributed by atoms with Crippen LogP contribution < -0.4 is 16.6 Å². The predicted octanol–water partition coefficient (Wildman–Crippen LogP) is 2.73. The van der Waals surface area contributed by atoms with Crippen molar-refractivity contribution < 1.29 is 0 Å². The first-order valence-electron chi connectivity index (χ1n) is 8.18. The van der Waals surface area contributed by atoms with Gasteiger partial charge in [-0.05, 0) is 23.8 Å². The van der Waals surface area contributed by atoms with Crippen molar-refractivity contribution in [2.24, 2.45) is 0 Å². The number of hydrogen-bond acceptors (Lipinski definition) is 5. The Morgan fingerprint density at radius 2 is 1.78 bits per heavy atom. The normalized spacial score (nSPS) is 10.9. The third kappa shape index (κ3) is 3.32. The van der Waals surface area contributed by atoms with Gasteiger partial charge in [-0.25, -0.2) is 14.3 Å². The van der Waals surface area contributed by atoms with Gasteiger partial charge in [0.05, 0.1) is 5.69 Å². The molecule has 2 aromatic heterocycles.